The van der Waals surface area contributed by atoms with Crippen molar-refractivity contribution in [1.82, 2.24) is 0 Å². The van der Waals surface area contributed by atoms with Gasteiger partial charge in [-0.3, -0.25) is 0 Å². The second-order valence-corrected chi connectivity index (χ2v) is 15.1. The number of rotatable bonds is 10. The van der Waals surface area contributed by atoms with Crippen LogP contribution in [0.3, 0.4) is 0 Å². The minimum absolute atomic E-state index is 0.00264. The molecule has 48 heavy (non-hydrogen) atoms. The second-order valence-electron chi connectivity index (χ2n) is 15.1. The van der Waals surface area contributed by atoms with Gasteiger partial charge in [0.05, 0.1) is 11.1 Å². The second kappa shape index (κ2) is 16.5. The molecule has 4 nitrogen and oxygen atoms in total. The van der Waals surface area contributed by atoms with Crippen LogP contribution in [0.25, 0.3) is 24.3 Å². The Balaban J connectivity index is 1.12. The summed E-state index contributed by atoms with van der Waals surface area (Å²) in [5.41, 5.74) is 5.46. The topological polar surface area (TPSA) is 52.6 Å². The summed E-state index contributed by atoms with van der Waals surface area (Å²) in [6.45, 7) is 13.4. The predicted octanol–water partition coefficient (Wildman–Crippen LogP) is 11.3. The Morgan fingerprint density at radius 3 is 1.10 bits per heavy atom. The standard InChI is InChI=1S/C44H54O4/c1-29(2)39-25-7-31(5)27-41(39)47-43(45)37-21-17-35(18-22-37)15-13-33-9-11-34(12-10-33)14-16-36-19-23-38(24-20-36)44(46)48-42-28-32(6)8-26-40(42)30(3)4/h9-24,29-32,39-42H,7-8,25-28H2,1-6H3/b15-13+,16-14+/t31-,32-,39+,40+,41-,42-/m1/s1. The lowest BCUT2D eigenvalue weighted by molar-refractivity contribution is -0.0181. The van der Waals surface area contributed by atoms with E-state index in [1.54, 1.807) is 0 Å². The minimum Gasteiger partial charge on any atom is -0.458 e. The molecule has 4 heteroatoms. The number of carbonyl (C=O) groups excluding carboxylic acids is 2. The van der Waals surface area contributed by atoms with Gasteiger partial charge in [0.15, 0.2) is 0 Å². The lowest BCUT2D eigenvalue weighted by atomic mass is 9.75. The van der Waals surface area contributed by atoms with Crippen LogP contribution in [0, 0.1) is 35.5 Å². The van der Waals surface area contributed by atoms with Crippen molar-refractivity contribution in [3.63, 3.8) is 0 Å². The molecule has 5 rings (SSSR count). The maximum atomic E-state index is 12.9. The summed E-state index contributed by atoms with van der Waals surface area (Å²) in [5.74, 6) is 2.65. The van der Waals surface area contributed by atoms with E-state index in [2.05, 4.69) is 90.1 Å². The molecule has 0 N–H and O–H groups in total. The highest BCUT2D eigenvalue weighted by Crippen LogP contribution is 2.37. The van der Waals surface area contributed by atoms with Crippen LogP contribution in [0.4, 0.5) is 0 Å². The highest BCUT2D eigenvalue weighted by atomic mass is 16.5. The Morgan fingerprint density at radius 2 is 0.812 bits per heavy atom. The number of hydrogen-bond donors (Lipinski definition) is 0. The molecule has 254 valence electrons. The number of ether oxygens (including phenoxy) is 2. The van der Waals surface area contributed by atoms with Gasteiger partial charge >= 0.3 is 11.9 Å². The normalized spacial score (nSPS) is 24.8. The molecule has 6 atom stereocenters. The Kier molecular flexibility index (Phi) is 12.1. The molecule has 0 aliphatic heterocycles. The van der Waals surface area contributed by atoms with Crippen molar-refractivity contribution in [2.75, 3.05) is 0 Å². The maximum Gasteiger partial charge on any atom is 0.338 e. The summed E-state index contributed by atoms with van der Waals surface area (Å²) in [5, 5.41) is 0. The molecular formula is C44H54O4. The molecule has 2 aliphatic carbocycles. The largest absolute Gasteiger partial charge is 0.458 e. The van der Waals surface area contributed by atoms with E-state index in [9.17, 15) is 9.59 Å². The average Bonchev–Trinajstić information content (AvgIpc) is 3.07. The first-order valence-corrected chi connectivity index (χ1v) is 18.1. The first-order chi connectivity index (χ1) is 23.0. The molecular weight excluding hydrogens is 592 g/mol. The van der Waals surface area contributed by atoms with Gasteiger partial charge < -0.3 is 9.47 Å². The zero-order valence-corrected chi connectivity index (χ0v) is 29.7. The third-order valence-corrected chi connectivity index (χ3v) is 10.6. The van der Waals surface area contributed by atoms with Crippen molar-refractivity contribution in [3.05, 3.63) is 106 Å². The first-order valence-electron chi connectivity index (χ1n) is 18.1. The fourth-order valence-electron chi connectivity index (χ4n) is 7.48. The molecule has 0 aromatic heterocycles. The predicted molar refractivity (Wildman–Crippen MR) is 198 cm³/mol. The van der Waals surface area contributed by atoms with Crippen LogP contribution in [0.1, 0.15) is 123 Å². The Morgan fingerprint density at radius 1 is 0.521 bits per heavy atom. The first kappa shape index (κ1) is 35.4. The highest BCUT2D eigenvalue weighted by molar-refractivity contribution is 5.90. The van der Waals surface area contributed by atoms with E-state index >= 15 is 0 Å². The van der Waals surface area contributed by atoms with Gasteiger partial charge in [0, 0.05) is 0 Å². The minimum atomic E-state index is -0.221. The van der Waals surface area contributed by atoms with Gasteiger partial charge in [-0.25, -0.2) is 9.59 Å². The molecule has 0 heterocycles. The molecule has 3 aromatic carbocycles. The number of carbonyl (C=O) groups is 2. The summed E-state index contributed by atoms with van der Waals surface area (Å²) >= 11 is 0. The van der Waals surface area contributed by atoms with Gasteiger partial charge in [0.1, 0.15) is 12.2 Å². The van der Waals surface area contributed by atoms with Crippen LogP contribution in [-0.2, 0) is 9.47 Å². The van der Waals surface area contributed by atoms with Crippen molar-refractivity contribution in [2.45, 2.75) is 92.3 Å². The molecule has 0 bridgehead atoms. The van der Waals surface area contributed by atoms with Crippen LogP contribution >= 0.6 is 0 Å². The lowest BCUT2D eigenvalue weighted by Crippen LogP contribution is -2.35. The van der Waals surface area contributed by atoms with Crippen molar-refractivity contribution in [2.24, 2.45) is 35.5 Å². The van der Waals surface area contributed by atoms with Gasteiger partial charge in [0.25, 0.3) is 0 Å². The molecule has 3 aromatic rings. The van der Waals surface area contributed by atoms with Gasteiger partial charge in [-0.05, 0) is 108 Å². The van der Waals surface area contributed by atoms with Gasteiger partial charge in [-0.2, -0.15) is 0 Å². The monoisotopic (exact) mass is 646 g/mol. The van der Waals surface area contributed by atoms with E-state index in [0.29, 0.717) is 46.6 Å². The zero-order chi connectivity index (χ0) is 34.2. The molecule has 0 amide bonds. The summed E-state index contributed by atoms with van der Waals surface area (Å²) in [6.07, 6.45) is 14.9. The fraction of sp³-hybridized carbons (Fsp3) is 0.455. The van der Waals surface area contributed by atoms with Gasteiger partial charge in [0.2, 0.25) is 0 Å². The maximum absolute atomic E-state index is 12.9. The molecule has 0 saturated heterocycles. The average molecular weight is 647 g/mol. The van der Waals surface area contributed by atoms with Crippen molar-refractivity contribution in [1.29, 1.82) is 0 Å². The summed E-state index contributed by atoms with van der Waals surface area (Å²) in [7, 11) is 0. The highest BCUT2D eigenvalue weighted by Gasteiger charge is 2.34. The molecule has 0 unspecified atom stereocenters. The third kappa shape index (κ3) is 9.58. The van der Waals surface area contributed by atoms with E-state index in [1.165, 1.54) is 12.8 Å². The lowest BCUT2D eigenvalue weighted by Gasteiger charge is -2.36. The van der Waals surface area contributed by atoms with Crippen LogP contribution in [0.2, 0.25) is 0 Å². The van der Waals surface area contributed by atoms with E-state index in [1.807, 2.05) is 48.5 Å². The summed E-state index contributed by atoms with van der Waals surface area (Å²) < 4.78 is 12.0. The van der Waals surface area contributed by atoms with E-state index < -0.39 is 0 Å². The number of hydrogen-bond acceptors (Lipinski definition) is 4. The zero-order valence-electron chi connectivity index (χ0n) is 29.7. The molecule has 2 fully saturated rings. The Bertz CT molecular complexity index is 1430. The number of esters is 2. The Labute approximate surface area is 288 Å². The van der Waals surface area contributed by atoms with Crippen molar-refractivity contribution in [3.8, 4) is 0 Å². The number of benzene rings is 3. The smallest absolute Gasteiger partial charge is 0.338 e. The van der Waals surface area contributed by atoms with Crippen LogP contribution in [0.15, 0.2) is 72.8 Å². The van der Waals surface area contributed by atoms with Crippen molar-refractivity contribution >= 4 is 36.2 Å². The SMILES string of the molecule is CC(C)[C@@H]1CC[C@@H](C)C[C@H]1OC(=O)c1ccc(/C=C/c2ccc(/C=C/c3ccc(C(=O)O[C@@H]4C[C@H](C)CC[C@H]4C(C)C)cc3)cc2)cc1. The van der Waals surface area contributed by atoms with E-state index in [0.717, 1.165) is 47.9 Å². The van der Waals surface area contributed by atoms with E-state index in [-0.39, 0.29) is 24.1 Å². The molecule has 0 spiro atoms. The quantitative estimate of drug-likeness (QED) is 0.162. The Hall–Kier alpha value is -3.92. The van der Waals surface area contributed by atoms with Gasteiger partial charge in [-0.1, -0.05) is 127 Å². The van der Waals surface area contributed by atoms with Crippen LogP contribution < -0.4 is 0 Å². The van der Waals surface area contributed by atoms with Crippen molar-refractivity contribution < 1.29 is 19.1 Å². The van der Waals surface area contributed by atoms with Crippen LogP contribution in [0.5, 0.6) is 0 Å². The van der Waals surface area contributed by atoms with Crippen LogP contribution in [-0.4, -0.2) is 24.1 Å². The molecule has 2 saturated carbocycles. The molecule has 0 radical (unpaired) electrons. The molecule has 2 aliphatic rings. The third-order valence-electron chi connectivity index (χ3n) is 10.6. The summed E-state index contributed by atoms with van der Waals surface area (Å²) in [4.78, 5) is 25.9. The fourth-order valence-corrected chi connectivity index (χ4v) is 7.48. The summed E-state index contributed by atoms with van der Waals surface area (Å²) in [6, 6.07) is 23.7. The van der Waals surface area contributed by atoms with Gasteiger partial charge in [-0.15, -0.1) is 0 Å². The van der Waals surface area contributed by atoms with E-state index in [4.69, 9.17) is 9.47 Å².